The van der Waals surface area contributed by atoms with Crippen LogP contribution in [0.25, 0.3) is 0 Å². The lowest BCUT2D eigenvalue weighted by Crippen LogP contribution is -2.61. The number of nitrogens with one attached hydrogen (secondary N) is 4. The van der Waals surface area contributed by atoms with Crippen molar-refractivity contribution >= 4 is 29.5 Å². The molecule has 0 bridgehead atoms. The molecule has 1 saturated heterocycles. The Morgan fingerprint density at radius 3 is 2.07 bits per heavy atom. The smallest absolute Gasteiger partial charge is 0.315 e. The third kappa shape index (κ3) is 12.9. The summed E-state index contributed by atoms with van der Waals surface area (Å²) in [5.41, 5.74) is -0.727. The van der Waals surface area contributed by atoms with Crippen LogP contribution in [0.4, 0.5) is 4.79 Å². The van der Waals surface area contributed by atoms with E-state index in [-0.39, 0.29) is 43.4 Å². The highest BCUT2D eigenvalue weighted by Gasteiger charge is 2.46. The molecule has 1 aliphatic heterocycles. The summed E-state index contributed by atoms with van der Waals surface area (Å²) in [5.74, 6) is -2.27. The Bertz CT molecular complexity index is 997. The van der Waals surface area contributed by atoms with E-state index >= 15 is 0 Å². The summed E-state index contributed by atoms with van der Waals surface area (Å²) in [6.45, 7) is 19.5. The average molecular weight is 642 g/mol. The van der Waals surface area contributed by atoms with Crippen LogP contribution in [-0.2, 0) is 28.7 Å². The minimum absolute atomic E-state index is 0.0183. The predicted molar refractivity (Wildman–Crippen MR) is 171 cm³/mol. The molecule has 0 radical (unpaired) electrons. The lowest BCUT2D eigenvalue weighted by Gasteiger charge is -2.36. The van der Waals surface area contributed by atoms with Crippen LogP contribution in [0.3, 0.4) is 0 Å². The molecule has 0 aromatic rings. The molecule has 260 valence electrons. The van der Waals surface area contributed by atoms with Crippen molar-refractivity contribution in [3.8, 4) is 0 Å². The highest BCUT2D eigenvalue weighted by atomic mass is 16.8. The number of hydrogen-bond donors (Lipinski definition) is 5. The molecule has 0 aliphatic carbocycles. The number of aliphatic hydroxyl groups is 1. The van der Waals surface area contributed by atoms with E-state index in [4.69, 9.17) is 9.47 Å². The van der Waals surface area contributed by atoms with Crippen molar-refractivity contribution < 1.29 is 38.6 Å². The van der Waals surface area contributed by atoms with Gasteiger partial charge in [-0.25, -0.2) is 4.79 Å². The van der Waals surface area contributed by atoms with Gasteiger partial charge in [0.1, 0.15) is 12.1 Å². The van der Waals surface area contributed by atoms with E-state index in [0.717, 1.165) is 0 Å². The second kappa shape index (κ2) is 18.4. The van der Waals surface area contributed by atoms with Gasteiger partial charge in [0, 0.05) is 13.1 Å². The number of urea groups is 1. The Morgan fingerprint density at radius 2 is 1.58 bits per heavy atom. The topological polar surface area (TPSA) is 175 Å². The molecule has 4 unspecified atom stereocenters. The van der Waals surface area contributed by atoms with E-state index in [0.29, 0.717) is 19.4 Å². The number of likely N-dealkylation sites (tertiary alicyclic amines) is 1. The molecule has 5 N–H and O–H groups in total. The molecule has 0 aromatic heterocycles. The van der Waals surface area contributed by atoms with Gasteiger partial charge in [0.05, 0.1) is 24.8 Å². The number of likely N-dealkylation sites (N-methyl/N-ethyl adjacent to an activating group) is 1. The fourth-order valence-electron chi connectivity index (χ4n) is 5.09. The van der Waals surface area contributed by atoms with Crippen molar-refractivity contribution in [1.29, 1.82) is 0 Å². The lowest BCUT2D eigenvalue weighted by molar-refractivity contribution is -0.279. The normalized spacial score (nSPS) is 19.7. The SMILES string of the molecule is CCCC(NC(=O)C1C[C@@H](C(C)C)CN1C(=O)C(NC(=O)N[C@H](COC(O)OC(C)C)C(C)C)C(C)(C)C)C(=O)C(=O)NCC. The van der Waals surface area contributed by atoms with Crippen LogP contribution in [0.15, 0.2) is 0 Å². The minimum Gasteiger partial charge on any atom is -0.350 e. The zero-order valence-corrected chi connectivity index (χ0v) is 29.2. The number of ketones is 1. The van der Waals surface area contributed by atoms with E-state index in [1.165, 1.54) is 4.90 Å². The number of amides is 5. The zero-order chi connectivity index (χ0) is 34.6. The zero-order valence-electron chi connectivity index (χ0n) is 29.2. The maximum absolute atomic E-state index is 14.2. The summed E-state index contributed by atoms with van der Waals surface area (Å²) in [4.78, 5) is 67.7. The monoisotopic (exact) mass is 641 g/mol. The molecule has 0 spiro atoms. The highest BCUT2D eigenvalue weighted by molar-refractivity contribution is 6.38. The maximum atomic E-state index is 14.2. The quantitative estimate of drug-likeness (QED) is 0.119. The molecule has 1 rings (SSSR count). The van der Waals surface area contributed by atoms with Crippen LogP contribution in [-0.4, -0.2) is 96.0 Å². The first kappa shape index (κ1) is 40.3. The second-order valence-corrected chi connectivity index (χ2v) is 13.9. The van der Waals surface area contributed by atoms with Gasteiger partial charge < -0.3 is 40.7 Å². The molecule has 1 aliphatic rings. The van der Waals surface area contributed by atoms with Gasteiger partial charge in [0.2, 0.25) is 17.6 Å². The van der Waals surface area contributed by atoms with E-state index < -0.39 is 65.6 Å². The lowest BCUT2D eigenvalue weighted by atomic mass is 9.85. The van der Waals surface area contributed by atoms with Gasteiger partial charge in [-0.15, -0.1) is 0 Å². The van der Waals surface area contributed by atoms with Gasteiger partial charge in [-0.1, -0.05) is 61.8 Å². The fraction of sp³-hybridized carbons (Fsp3) is 0.844. The molecule has 1 fully saturated rings. The molecular formula is C32H59N5O8. The van der Waals surface area contributed by atoms with Gasteiger partial charge in [-0.05, 0) is 56.8 Å². The molecule has 1 heterocycles. The van der Waals surface area contributed by atoms with Crippen molar-refractivity contribution in [2.45, 2.75) is 132 Å². The van der Waals surface area contributed by atoms with E-state index in [2.05, 4.69) is 21.3 Å². The minimum atomic E-state index is -1.44. The second-order valence-electron chi connectivity index (χ2n) is 13.9. The standard InChI is InChI=1S/C32H59N5O8/c1-12-14-22(25(38)28(40)33-13-2)34-27(39)24-15-21(18(3)4)16-37(24)29(41)26(32(9,10)11)36-30(42)35-23(19(5)6)17-44-31(43)45-20(7)8/h18-24,26,31,43H,12-17H2,1-11H3,(H,33,40)(H,34,39)(H2,35,36,42)/t21-,22?,23-,24?,26?,31?/m1/s1. The number of carbonyl (C=O) groups excluding carboxylic acids is 5. The van der Waals surface area contributed by atoms with Gasteiger partial charge in [0.15, 0.2) is 0 Å². The molecule has 0 aromatic carbocycles. The van der Waals surface area contributed by atoms with Crippen molar-refractivity contribution in [2.75, 3.05) is 19.7 Å². The number of rotatable bonds is 17. The molecule has 13 nitrogen and oxygen atoms in total. The third-order valence-corrected chi connectivity index (χ3v) is 7.95. The summed E-state index contributed by atoms with van der Waals surface area (Å²) in [7, 11) is 0. The average Bonchev–Trinajstić information content (AvgIpc) is 3.38. The third-order valence-electron chi connectivity index (χ3n) is 7.95. The van der Waals surface area contributed by atoms with Crippen LogP contribution in [0.5, 0.6) is 0 Å². The molecular weight excluding hydrogens is 582 g/mol. The Hall–Kier alpha value is -2.77. The van der Waals surface area contributed by atoms with Crippen LogP contribution in [0.1, 0.15) is 95.4 Å². The Kier molecular flexibility index (Phi) is 16.5. The summed E-state index contributed by atoms with van der Waals surface area (Å²) in [5, 5.41) is 20.8. The Morgan fingerprint density at radius 1 is 0.956 bits per heavy atom. The van der Waals surface area contributed by atoms with Gasteiger partial charge in [-0.2, -0.15) is 0 Å². The summed E-state index contributed by atoms with van der Waals surface area (Å²) >= 11 is 0. The highest BCUT2D eigenvalue weighted by Crippen LogP contribution is 2.32. The molecule has 5 amide bonds. The Labute approximate surface area is 269 Å². The number of Topliss-reactive ketones (excluding diaryl/α,β-unsaturated/α-hetero) is 1. The van der Waals surface area contributed by atoms with E-state index in [1.54, 1.807) is 20.8 Å². The van der Waals surface area contributed by atoms with E-state index in [9.17, 15) is 29.1 Å². The van der Waals surface area contributed by atoms with Crippen LogP contribution in [0.2, 0.25) is 0 Å². The van der Waals surface area contributed by atoms with Crippen molar-refractivity contribution in [1.82, 2.24) is 26.2 Å². The summed E-state index contributed by atoms with van der Waals surface area (Å²) in [6.07, 6.45) is 0.983. The largest absolute Gasteiger partial charge is 0.350 e. The first-order valence-corrected chi connectivity index (χ1v) is 16.3. The molecule has 6 atom stereocenters. The number of ether oxygens (including phenoxy) is 2. The molecule has 45 heavy (non-hydrogen) atoms. The van der Waals surface area contributed by atoms with Gasteiger partial charge in [-0.3, -0.25) is 19.2 Å². The van der Waals surface area contributed by atoms with Gasteiger partial charge in [0.25, 0.3) is 12.4 Å². The van der Waals surface area contributed by atoms with Crippen LogP contribution >= 0.6 is 0 Å². The van der Waals surface area contributed by atoms with Gasteiger partial charge >= 0.3 is 6.03 Å². The number of carbonyl (C=O) groups is 5. The van der Waals surface area contributed by atoms with Crippen molar-refractivity contribution in [2.24, 2.45) is 23.2 Å². The first-order chi connectivity index (χ1) is 20.8. The number of nitrogens with zero attached hydrogens (tertiary/aromatic N) is 1. The molecule has 13 heteroatoms. The predicted octanol–water partition coefficient (Wildman–Crippen LogP) is 2.31. The maximum Gasteiger partial charge on any atom is 0.315 e. The summed E-state index contributed by atoms with van der Waals surface area (Å²) in [6, 6.07) is -3.97. The Balaban J connectivity index is 3.20. The number of hydrogen-bond acceptors (Lipinski definition) is 8. The van der Waals surface area contributed by atoms with Crippen molar-refractivity contribution in [3.05, 3.63) is 0 Å². The summed E-state index contributed by atoms with van der Waals surface area (Å²) < 4.78 is 10.6. The van der Waals surface area contributed by atoms with E-state index in [1.807, 2.05) is 55.4 Å². The fourth-order valence-corrected chi connectivity index (χ4v) is 5.09. The van der Waals surface area contributed by atoms with Crippen molar-refractivity contribution in [3.63, 3.8) is 0 Å². The van der Waals surface area contributed by atoms with Crippen LogP contribution < -0.4 is 21.3 Å². The van der Waals surface area contributed by atoms with Crippen LogP contribution in [0, 0.1) is 23.2 Å². The molecule has 0 saturated carbocycles. The number of aliphatic hydroxyl groups excluding tert-OH is 1. The first-order valence-electron chi connectivity index (χ1n) is 16.3.